The van der Waals surface area contributed by atoms with Crippen LogP contribution in [0.5, 0.6) is 0 Å². The summed E-state index contributed by atoms with van der Waals surface area (Å²) in [5.74, 6) is -2.14. The highest BCUT2D eigenvalue weighted by atomic mass is 16.6. The first-order valence-electron chi connectivity index (χ1n) is 13.6. The monoisotopic (exact) mass is 562 g/mol. The molecule has 11 heteroatoms. The molecule has 0 fully saturated rings. The van der Waals surface area contributed by atoms with E-state index in [0.717, 1.165) is 5.56 Å². The quantitative estimate of drug-likeness (QED) is 0.255. The minimum absolute atomic E-state index is 0.0550. The van der Waals surface area contributed by atoms with Gasteiger partial charge < -0.3 is 30.7 Å². The Kier molecular flexibility index (Phi) is 14.2. The fourth-order valence-corrected chi connectivity index (χ4v) is 3.62. The number of carbonyl (C=O) groups excluding carboxylic acids is 5. The zero-order valence-electron chi connectivity index (χ0n) is 25.0. The van der Waals surface area contributed by atoms with E-state index in [-0.39, 0.29) is 18.4 Å². The molecule has 0 aliphatic carbocycles. The maximum Gasteiger partial charge on any atom is 0.408 e. The van der Waals surface area contributed by atoms with Gasteiger partial charge in [0.05, 0.1) is 6.54 Å². The first-order valence-corrected chi connectivity index (χ1v) is 13.6. The zero-order chi connectivity index (χ0) is 30.5. The smallest absolute Gasteiger partial charge is 0.408 e. The molecule has 0 saturated heterocycles. The summed E-state index contributed by atoms with van der Waals surface area (Å²) >= 11 is 0. The number of hydrogen-bond donors (Lipinski definition) is 4. The van der Waals surface area contributed by atoms with Crippen molar-refractivity contribution in [1.82, 2.24) is 21.3 Å². The first kappa shape index (κ1) is 34.4. The predicted molar refractivity (Wildman–Crippen MR) is 151 cm³/mol. The average molecular weight is 563 g/mol. The van der Waals surface area contributed by atoms with Gasteiger partial charge in [-0.05, 0) is 57.9 Å². The lowest BCUT2D eigenvalue weighted by molar-refractivity contribution is -0.148. The van der Waals surface area contributed by atoms with Crippen molar-refractivity contribution in [2.24, 2.45) is 11.8 Å². The van der Waals surface area contributed by atoms with Gasteiger partial charge >= 0.3 is 12.1 Å². The third kappa shape index (κ3) is 14.5. The Morgan fingerprint density at radius 3 is 1.85 bits per heavy atom. The highest BCUT2D eigenvalue weighted by Gasteiger charge is 2.28. The van der Waals surface area contributed by atoms with E-state index < -0.39 is 60.1 Å². The van der Waals surface area contributed by atoms with Gasteiger partial charge in [0, 0.05) is 0 Å². The summed E-state index contributed by atoms with van der Waals surface area (Å²) in [6, 6.07) is 6.40. The summed E-state index contributed by atoms with van der Waals surface area (Å²) in [4.78, 5) is 62.9. The molecule has 0 aliphatic rings. The maximum atomic E-state index is 12.9. The van der Waals surface area contributed by atoms with Crippen molar-refractivity contribution in [2.75, 3.05) is 6.54 Å². The van der Waals surface area contributed by atoms with Crippen LogP contribution in [0, 0.1) is 11.8 Å². The van der Waals surface area contributed by atoms with Gasteiger partial charge in [0.2, 0.25) is 17.7 Å². The molecule has 4 N–H and O–H groups in total. The van der Waals surface area contributed by atoms with Gasteiger partial charge in [0.1, 0.15) is 30.3 Å². The number of benzene rings is 1. The molecular weight excluding hydrogens is 516 g/mol. The molecule has 1 rings (SSSR count). The highest BCUT2D eigenvalue weighted by Crippen LogP contribution is 2.10. The molecule has 11 nitrogen and oxygen atoms in total. The van der Waals surface area contributed by atoms with Crippen LogP contribution in [-0.4, -0.2) is 60.1 Å². The molecule has 3 atom stereocenters. The minimum atomic E-state index is -0.932. The van der Waals surface area contributed by atoms with E-state index in [0.29, 0.717) is 12.8 Å². The Balaban J connectivity index is 2.70. The second-order valence-corrected chi connectivity index (χ2v) is 11.6. The Morgan fingerprint density at radius 1 is 0.775 bits per heavy atom. The van der Waals surface area contributed by atoms with Crippen molar-refractivity contribution < 1.29 is 33.4 Å². The summed E-state index contributed by atoms with van der Waals surface area (Å²) in [6.45, 7) is 13.9. The van der Waals surface area contributed by atoms with Gasteiger partial charge in [-0.15, -0.1) is 0 Å². The van der Waals surface area contributed by atoms with E-state index in [1.54, 1.807) is 20.8 Å². The number of nitrogens with one attached hydrogen (secondary N) is 4. The van der Waals surface area contributed by atoms with Crippen molar-refractivity contribution in [3.8, 4) is 0 Å². The van der Waals surface area contributed by atoms with Gasteiger partial charge in [-0.25, -0.2) is 9.59 Å². The number of amides is 4. The summed E-state index contributed by atoms with van der Waals surface area (Å²) in [5, 5.41) is 10.3. The molecule has 1 aromatic rings. The van der Waals surface area contributed by atoms with Crippen LogP contribution in [0.3, 0.4) is 0 Å². The van der Waals surface area contributed by atoms with Gasteiger partial charge in [-0.2, -0.15) is 0 Å². The third-order valence-corrected chi connectivity index (χ3v) is 5.43. The lowest BCUT2D eigenvalue weighted by atomic mass is 10.0. The molecule has 0 saturated carbocycles. The normalized spacial score (nSPS) is 13.6. The van der Waals surface area contributed by atoms with Crippen LogP contribution in [0.1, 0.15) is 73.8 Å². The van der Waals surface area contributed by atoms with E-state index in [9.17, 15) is 24.0 Å². The van der Waals surface area contributed by atoms with Gasteiger partial charge in [0.25, 0.3) is 0 Å². The minimum Gasteiger partial charge on any atom is -0.459 e. The van der Waals surface area contributed by atoms with Crippen molar-refractivity contribution in [3.63, 3.8) is 0 Å². The lowest BCUT2D eigenvalue weighted by Crippen LogP contribution is -2.54. The number of esters is 1. The second kappa shape index (κ2) is 16.5. The van der Waals surface area contributed by atoms with Gasteiger partial charge in [-0.3, -0.25) is 14.4 Å². The van der Waals surface area contributed by atoms with Gasteiger partial charge in [-0.1, -0.05) is 58.0 Å². The van der Waals surface area contributed by atoms with Crippen molar-refractivity contribution in [1.29, 1.82) is 0 Å². The summed E-state index contributed by atoms with van der Waals surface area (Å²) < 4.78 is 10.5. The van der Waals surface area contributed by atoms with Gasteiger partial charge in [0.15, 0.2) is 0 Å². The van der Waals surface area contributed by atoms with Crippen LogP contribution in [0.2, 0.25) is 0 Å². The number of rotatable bonds is 14. The topological polar surface area (TPSA) is 152 Å². The number of hydrogen-bond acceptors (Lipinski definition) is 7. The Bertz CT molecular complexity index is 990. The molecule has 0 heterocycles. The predicted octanol–water partition coefficient (Wildman–Crippen LogP) is 2.82. The molecule has 0 radical (unpaired) electrons. The SMILES string of the molecule is CC(C)CC(NC(=O)CNC(=O)C(CC(C)C)NC(=O)OC(C)(C)C)C(=O)NC(C)C(=O)OCc1ccccc1. The Morgan fingerprint density at radius 2 is 1.32 bits per heavy atom. The Hall–Kier alpha value is -3.63. The largest absolute Gasteiger partial charge is 0.459 e. The van der Waals surface area contributed by atoms with Crippen LogP contribution in [0.25, 0.3) is 0 Å². The maximum absolute atomic E-state index is 12.9. The molecule has 0 aliphatic heterocycles. The number of ether oxygens (including phenoxy) is 2. The van der Waals surface area contributed by atoms with Crippen LogP contribution in [0.4, 0.5) is 4.79 Å². The summed E-state index contributed by atoms with van der Waals surface area (Å²) in [5.41, 5.74) is 0.0867. The van der Waals surface area contributed by atoms with Crippen molar-refractivity contribution in [3.05, 3.63) is 35.9 Å². The number of carbonyl (C=O) groups is 5. The van der Waals surface area contributed by atoms with Crippen LogP contribution in [-0.2, 0) is 35.3 Å². The van der Waals surface area contributed by atoms with Crippen molar-refractivity contribution >= 4 is 29.8 Å². The molecule has 0 spiro atoms. The molecule has 224 valence electrons. The summed E-state index contributed by atoms with van der Waals surface area (Å²) in [6.07, 6.45) is -0.0839. The van der Waals surface area contributed by atoms with Crippen LogP contribution in [0.15, 0.2) is 30.3 Å². The first-order chi connectivity index (χ1) is 18.6. The molecule has 40 heavy (non-hydrogen) atoms. The fraction of sp³-hybridized carbons (Fsp3) is 0.621. The van der Waals surface area contributed by atoms with E-state index in [1.807, 2.05) is 58.0 Å². The molecule has 4 amide bonds. The number of alkyl carbamates (subject to hydrolysis) is 1. The lowest BCUT2D eigenvalue weighted by Gasteiger charge is -2.24. The molecule has 1 aromatic carbocycles. The zero-order valence-corrected chi connectivity index (χ0v) is 25.0. The van der Waals surface area contributed by atoms with E-state index in [1.165, 1.54) is 6.92 Å². The van der Waals surface area contributed by atoms with Crippen LogP contribution >= 0.6 is 0 Å². The van der Waals surface area contributed by atoms with Crippen LogP contribution < -0.4 is 21.3 Å². The molecular formula is C29H46N4O7. The highest BCUT2D eigenvalue weighted by molar-refractivity contribution is 5.93. The second-order valence-electron chi connectivity index (χ2n) is 11.6. The van der Waals surface area contributed by atoms with E-state index in [2.05, 4.69) is 21.3 Å². The molecule has 3 unspecified atom stereocenters. The Labute approximate surface area is 237 Å². The van der Waals surface area contributed by atoms with E-state index >= 15 is 0 Å². The fourth-order valence-electron chi connectivity index (χ4n) is 3.62. The standard InChI is InChI=1S/C29H46N4O7/c1-18(2)14-22(33-28(38)40-29(6,7)8)25(35)30-16-24(34)32-23(15-19(3)4)26(36)31-20(5)27(37)39-17-21-12-10-9-11-13-21/h9-13,18-20,22-23H,14-17H2,1-8H3,(H,30,35)(H,31,36)(H,32,34)(H,33,38). The van der Waals surface area contributed by atoms with Crippen molar-refractivity contribution in [2.45, 2.75) is 98.6 Å². The average Bonchev–Trinajstić information content (AvgIpc) is 2.83. The third-order valence-electron chi connectivity index (χ3n) is 5.43. The molecule has 0 aromatic heterocycles. The van der Waals surface area contributed by atoms with E-state index in [4.69, 9.17) is 9.47 Å². The molecule has 0 bridgehead atoms. The summed E-state index contributed by atoms with van der Waals surface area (Å²) in [7, 11) is 0.